The Morgan fingerprint density at radius 3 is 2.71 bits per heavy atom. The van der Waals surface area contributed by atoms with Crippen LogP contribution in [0.25, 0.3) is 0 Å². The van der Waals surface area contributed by atoms with Crippen LogP contribution in [-0.4, -0.2) is 36.0 Å². The van der Waals surface area contributed by atoms with Crippen LogP contribution in [0.3, 0.4) is 0 Å². The van der Waals surface area contributed by atoms with Gasteiger partial charge in [0.1, 0.15) is 5.75 Å². The molecule has 0 saturated heterocycles. The summed E-state index contributed by atoms with van der Waals surface area (Å²) >= 11 is 0. The van der Waals surface area contributed by atoms with Gasteiger partial charge in [-0.15, -0.1) is 0 Å². The van der Waals surface area contributed by atoms with Gasteiger partial charge in [-0.05, 0) is 57.5 Å². The first-order chi connectivity index (χ1) is 11.5. The van der Waals surface area contributed by atoms with Crippen molar-refractivity contribution in [2.24, 2.45) is 0 Å². The minimum absolute atomic E-state index is 0.195. The van der Waals surface area contributed by atoms with Crippen LogP contribution in [0.2, 0.25) is 0 Å². The Labute approximate surface area is 144 Å². The number of ether oxygens (including phenoxy) is 1. The van der Waals surface area contributed by atoms with Crippen molar-refractivity contribution in [3.63, 3.8) is 0 Å². The van der Waals surface area contributed by atoms with Crippen LogP contribution in [0.1, 0.15) is 46.2 Å². The molecule has 1 saturated carbocycles. The summed E-state index contributed by atoms with van der Waals surface area (Å²) in [5.41, 5.74) is 4.34. The van der Waals surface area contributed by atoms with E-state index in [0.717, 1.165) is 29.1 Å². The Morgan fingerprint density at radius 1 is 1.29 bits per heavy atom. The highest BCUT2D eigenvalue weighted by molar-refractivity contribution is 5.99. The molecule has 0 atom stereocenters. The molecule has 0 N–H and O–H groups in total. The molecule has 1 aliphatic rings. The fourth-order valence-corrected chi connectivity index (χ4v) is 3.42. The number of nitrogens with zero attached hydrogens (tertiary/aromatic N) is 2. The Hall–Kier alpha value is -2.07. The highest BCUT2D eigenvalue weighted by atomic mass is 16.5. The molecule has 4 nitrogen and oxygen atoms in total. The second-order valence-electron chi connectivity index (χ2n) is 6.83. The van der Waals surface area contributed by atoms with Gasteiger partial charge in [-0.3, -0.25) is 9.69 Å². The number of Topliss-reactive ketones (excluding diaryl/α,β-unsaturated/α-hetero) is 1. The zero-order valence-electron chi connectivity index (χ0n) is 15.0. The number of carbonyl (C=O) groups is 1. The third kappa shape index (κ3) is 3.54. The van der Waals surface area contributed by atoms with Gasteiger partial charge in [0.15, 0.2) is 5.78 Å². The summed E-state index contributed by atoms with van der Waals surface area (Å²) in [6.07, 6.45) is 2.47. The van der Waals surface area contributed by atoms with E-state index in [-0.39, 0.29) is 5.78 Å². The van der Waals surface area contributed by atoms with E-state index in [1.165, 1.54) is 18.5 Å². The van der Waals surface area contributed by atoms with E-state index >= 15 is 0 Å². The summed E-state index contributed by atoms with van der Waals surface area (Å²) in [6.45, 7) is 5.32. The lowest BCUT2D eigenvalue weighted by atomic mass is 10.1. The van der Waals surface area contributed by atoms with E-state index in [9.17, 15) is 4.79 Å². The number of carbonyl (C=O) groups excluding carboxylic acids is 1. The number of ketones is 1. The average Bonchev–Trinajstić information content (AvgIpc) is 3.32. The number of hydrogen-bond donors (Lipinski definition) is 0. The first kappa shape index (κ1) is 16.8. The number of likely N-dealkylation sites (N-methyl/N-ethyl adjacent to an activating group) is 1. The molecule has 0 unspecified atom stereocenters. The van der Waals surface area contributed by atoms with Crippen molar-refractivity contribution in [3.05, 3.63) is 52.8 Å². The summed E-state index contributed by atoms with van der Waals surface area (Å²) in [6, 6.07) is 10.6. The van der Waals surface area contributed by atoms with Gasteiger partial charge in [-0.25, -0.2) is 0 Å². The van der Waals surface area contributed by atoms with Crippen molar-refractivity contribution in [1.29, 1.82) is 0 Å². The summed E-state index contributed by atoms with van der Waals surface area (Å²) in [5, 5.41) is 0. The fourth-order valence-electron chi connectivity index (χ4n) is 3.42. The van der Waals surface area contributed by atoms with Gasteiger partial charge in [0, 0.05) is 29.5 Å². The number of benzene rings is 1. The first-order valence-corrected chi connectivity index (χ1v) is 8.52. The van der Waals surface area contributed by atoms with E-state index in [2.05, 4.69) is 35.4 Å². The zero-order chi connectivity index (χ0) is 17.3. The van der Waals surface area contributed by atoms with Gasteiger partial charge in [0.05, 0.1) is 13.7 Å². The van der Waals surface area contributed by atoms with E-state index in [0.29, 0.717) is 12.6 Å². The largest absolute Gasteiger partial charge is 0.497 e. The maximum atomic E-state index is 12.7. The van der Waals surface area contributed by atoms with Crippen LogP contribution in [0.15, 0.2) is 30.3 Å². The molecule has 2 aromatic rings. The van der Waals surface area contributed by atoms with Crippen molar-refractivity contribution in [2.75, 3.05) is 20.7 Å². The summed E-state index contributed by atoms with van der Waals surface area (Å²) in [7, 11) is 3.65. The highest BCUT2D eigenvalue weighted by Gasteiger charge is 2.28. The van der Waals surface area contributed by atoms with Crippen LogP contribution < -0.4 is 4.74 Å². The topological polar surface area (TPSA) is 34.5 Å². The predicted molar refractivity (Wildman–Crippen MR) is 95.8 cm³/mol. The minimum Gasteiger partial charge on any atom is -0.497 e. The summed E-state index contributed by atoms with van der Waals surface area (Å²) in [4.78, 5) is 14.8. The maximum Gasteiger partial charge on any atom is 0.178 e. The number of aryl methyl sites for hydroxylation is 1. The van der Waals surface area contributed by atoms with Crippen molar-refractivity contribution >= 4 is 5.78 Å². The summed E-state index contributed by atoms with van der Waals surface area (Å²) < 4.78 is 7.59. The molecule has 4 heteroatoms. The number of methoxy groups -OCH3 is 1. The van der Waals surface area contributed by atoms with Gasteiger partial charge in [0.2, 0.25) is 0 Å². The molecule has 0 bridgehead atoms. The van der Waals surface area contributed by atoms with Crippen LogP contribution in [0.5, 0.6) is 5.75 Å². The Morgan fingerprint density at radius 2 is 2.04 bits per heavy atom. The minimum atomic E-state index is 0.195. The quantitative estimate of drug-likeness (QED) is 0.727. The van der Waals surface area contributed by atoms with Crippen molar-refractivity contribution in [2.45, 2.75) is 39.3 Å². The smallest absolute Gasteiger partial charge is 0.178 e. The van der Waals surface area contributed by atoms with Gasteiger partial charge in [0.25, 0.3) is 0 Å². The van der Waals surface area contributed by atoms with Crippen LogP contribution in [-0.2, 0) is 6.54 Å². The molecule has 24 heavy (non-hydrogen) atoms. The molecule has 0 radical (unpaired) electrons. The number of rotatable bonds is 7. The molecule has 0 spiro atoms. The molecule has 1 heterocycles. The fraction of sp³-hybridized carbons (Fsp3) is 0.450. The molecular weight excluding hydrogens is 300 g/mol. The van der Waals surface area contributed by atoms with E-state index < -0.39 is 0 Å². The molecule has 1 aromatic carbocycles. The summed E-state index contributed by atoms with van der Waals surface area (Å²) in [5.74, 6) is 1.04. The Bertz CT molecular complexity index is 744. The molecule has 0 amide bonds. The van der Waals surface area contributed by atoms with Gasteiger partial charge >= 0.3 is 0 Å². The lowest BCUT2D eigenvalue weighted by Crippen LogP contribution is -2.26. The monoisotopic (exact) mass is 326 g/mol. The Kier molecular flexibility index (Phi) is 4.76. The van der Waals surface area contributed by atoms with Crippen LogP contribution >= 0.6 is 0 Å². The lowest BCUT2D eigenvalue weighted by molar-refractivity contribution is 0.0942. The van der Waals surface area contributed by atoms with Crippen molar-refractivity contribution in [3.8, 4) is 5.75 Å². The molecule has 1 aliphatic carbocycles. The molecule has 3 rings (SSSR count). The molecule has 128 valence electrons. The molecular formula is C20H26N2O2. The van der Waals surface area contributed by atoms with E-state index in [1.807, 2.05) is 25.2 Å². The second-order valence-corrected chi connectivity index (χ2v) is 6.83. The third-order valence-corrected chi connectivity index (χ3v) is 4.70. The van der Waals surface area contributed by atoms with Crippen molar-refractivity contribution in [1.82, 2.24) is 9.47 Å². The van der Waals surface area contributed by atoms with E-state index in [1.54, 1.807) is 7.11 Å². The number of aromatic nitrogens is 1. The molecule has 1 aromatic heterocycles. The standard InChI is InChI=1S/C20H26N2O2/c1-14-10-19(15(2)22(14)17-8-9-17)20(23)13-21(3)12-16-6-5-7-18(11-16)24-4/h5-7,10-11,17H,8-9,12-13H2,1-4H3. The predicted octanol–water partition coefficient (Wildman–Crippen LogP) is 3.76. The lowest BCUT2D eigenvalue weighted by Gasteiger charge is -2.16. The third-order valence-electron chi connectivity index (χ3n) is 4.70. The second kappa shape index (κ2) is 6.81. The van der Waals surface area contributed by atoms with Gasteiger partial charge in [-0.2, -0.15) is 0 Å². The average molecular weight is 326 g/mol. The van der Waals surface area contributed by atoms with Crippen LogP contribution in [0, 0.1) is 13.8 Å². The molecule has 1 fully saturated rings. The molecule has 0 aliphatic heterocycles. The SMILES string of the molecule is COc1cccc(CN(C)CC(=O)c2cc(C)n(C3CC3)c2C)c1. The normalized spacial score (nSPS) is 14.2. The number of hydrogen-bond acceptors (Lipinski definition) is 3. The first-order valence-electron chi connectivity index (χ1n) is 8.52. The van der Waals surface area contributed by atoms with Gasteiger partial charge in [-0.1, -0.05) is 12.1 Å². The Balaban J connectivity index is 1.67. The maximum absolute atomic E-state index is 12.7. The van der Waals surface area contributed by atoms with Crippen LogP contribution in [0.4, 0.5) is 0 Å². The van der Waals surface area contributed by atoms with Gasteiger partial charge < -0.3 is 9.30 Å². The van der Waals surface area contributed by atoms with E-state index in [4.69, 9.17) is 4.74 Å². The highest BCUT2D eigenvalue weighted by Crippen LogP contribution is 2.38. The van der Waals surface area contributed by atoms with Crippen molar-refractivity contribution < 1.29 is 9.53 Å². The zero-order valence-corrected chi connectivity index (χ0v) is 15.0.